The molecule has 4 bridgehead atoms. The Kier molecular flexibility index (Phi) is 4.69. The highest BCUT2D eigenvalue weighted by molar-refractivity contribution is 6.31. The van der Waals surface area contributed by atoms with Crippen molar-refractivity contribution in [2.45, 2.75) is 58.2 Å². The van der Waals surface area contributed by atoms with Gasteiger partial charge in [-0.05, 0) is 86.0 Å². The summed E-state index contributed by atoms with van der Waals surface area (Å²) in [6.45, 7) is 4.09. The third-order valence-corrected chi connectivity index (χ3v) is 8.76. The number of rotatable bonds is 5. The fourth-order valence-corrected chi connectivity index (χ4v) is 7.40. The van der Waals surface area contributed by atoms with Gasteiger partial charge in [-0.2, -0.15) is 0 Å². The van der Waals surface area contributed by atoms with E-state index in [1.165, 1.54) is 59.8 Å². The Morgan fingerprint density at radius 2 is 1.57 bits per heavy atom. The standard InChI is InChI=1S/C27H31ClN2/c1-17-24(15-29-27-21-11-18-10-19(13-21)14-22(27)12-18)23-7-3-5-9-26(23)30(17)16-20-6-2-4-8-25(20)28/h2-9,18-19,21-22,27,29H,10-16H2,1H3. The average molecular weight is 419 g/mol. The summed E-state index contributed by atoms with van der Waals surface area (Å²) in [5.41, 5.74) is 5.33. The molecular formula is C27H31ClN2. The first-order chi connectivity index (χ1) is 14.7. The third-order valence-electron chi connectivity index (χ3n) is 8.39. The molecule has 7 rings (SSSR count). The molecule has 1 heterocycles. The van der Waals surface area contributed by atoms with Crippen molar-refractivity contribution >= 4 is 22.5 Å². The number of benzene rings is 2. The van der Waals surface area contributed by atoms with Crippen LogP contribution in [-0.2, 0) is 13.1 Å². The predicted octanol–water partition coefficient (Wildman–Crippen LogP) is 6.57. The lowest BCUT2D eigenvalue weighted by atomic mass is 9.54. The molecule has 30 heavy (non-hydrogen) atoms. The summed E-state index contributed by atoms with van der Waals surface area (Å²) < 4.78 is 2.45. The summed E-state index contributed by atoms with van der Waals surface area (Å²) in [5, 5.41) is 6.30. The van der Waals surface area contributed by atoms with Gasteiger partial charge in [0.05, 0.1) is 0 Å². The van der Waals surface area contributed by atoms with Crippen LogP contribution in [-0.4, -0.2) is 10.6 Å². The summed E-state index contributed by atoms with van der Waals surface area (Å²) in [5.74, 6) is 3.89. The molecule has 2 aromatic carbocycles. The molecule has 0 atom stereocenters. The molecule has 0 saturated heterocycles. The van der Waals surface area contributed by atoms with E-state index in [0.29, 0.717) is 0 Å². The maximum atomic E-state index is 6.49. The van der Waals surface area contributed by atoms with Crippen molar-refractivity contribution in [3.05, 3.63) is 70.4 Å². The zero-order chi connectivity index (χ0) is 20.2. The molecule has 1 aromatic heterocycles. The highest BCUT2D eigenvalue weighted by Gasteiger charge is 2.47. The number of aromatic nitrogens is 1. The van der Waals surface area contributed by atoms with Crippen molar-refractivity contribution in [2.24, 2.45) is 23.7 Å². The van der Waals surface area contributed by atoms with Gasteiger partial charge >= 0.3 is 0 Å². The first kappa shape index (κ1) is 19.0. The number of para-hydroxylation sites is 1. The van der Waals surface area contributed by atoms with Gasteiger partial charge in [0.25, 0.3) is 0 Å². The average Bonchev–Trinajstić information content (AvgIpc) is 3.00. The minimum Gasteiger partial charge on any atom is -0.340 e. The molecule has 1 N–H and O–H groups in total. The normalized spacial score (nSPS) is 29.7. The Morgan fingerprint density at radius 3 is 2.30 bits per heavy atom. The van der Waals surface area contributed by atoms with Crippen LogP contribution in [0, 0.1) is 30.6 Å². The van der Waals surface area contributed by atoms with Gasteiger partial charge in [0.1, 0.15) is 0 Å². The number of hydrogen-bond acceptors (Lipinski definition) is 1. The Balaban J connectivity index is 1.30. The molecule has 4 aliphatic rings. The highest BCUT2D eigenvalue weighted by Crippen LogP contribution is 2.53. The molecule has 156 valence electrons. The molecule has 0 aliphatic heterocycles. The highest BCUT2D eigenvalue weighted by atomic mass is 35.5. The molecule has 4 fully saturated rings. The van der Waals surface area contributed by atoms with Gasteiger partial charge in [-0.1, -0.05) is 48.0 Å². The van der Waals surface area contributed by atoms with Crippen molar-refractivity contribution in [1.82, 2.24) is 9.88 Å². The van der Waals surface area contributed by atoms with Gasteiger partial charge in [-0.25, -0.2) is 0 Å². The third kappa shape index (κ3) is 3.11. The summed E-state index contributed by atoms with van der Waals surface area (Å²) >= 11 is 6.49. The molecule has 3 heteroatoms. The quantitative estimate of drug-likeness (QED) is 0.496. The second-order valence-electron chi connectivity index (χ2n) is 10.1. The number of fused-ring (bicyclic) bond motifs is 1. The number of halogens is 1. The molecule has 3 aromatic rings. The van der Waals surface area contributed by atoms with Crippen molar-refractivity contribution in [1.29, 1.82) is 0 Å². The Bertz CT molecular complexity index is 1050. The van der Waals surface area contributed by atoms with Crippen LogP contribution in [0.4, 0.5) is 0 Å². The Hall–Kier alpha value is -1.77. The van der Waals surface area contributed by atoms with E-state index in [9.17, 15) is 0 Å². The maximum absolute atomic E-state index is 6.49. The summed E-state index contributed by atoms with van der Waals surface area (Å²) in [4.78, 5) is 0. The Morgan fingerprint density at radius 1 is 0.900 bits per heavy atom. The fraction of sp³-hybridized carbons (Fsp3) is 0.481. The van der Waals surface area contributed by atoms with E-state index in [0.717, 1.165) is 47.8 Å². The number of nitrogens with zero attached hydrogens (tertiary/aromatic N) is 1. The van der Waals surface area contributed by atoms with Gasteiger partial charge < -0.3 is 9.88 Å². The lowest BCUT2D eigenvalue weighted by Gasteiger charge is -2.54. The molecule has 2 nitrogen and oxygen atoms in total. The van der Waals surface area contributed by atoms with Crippen LogP contribution in [0.2, 0.25) is 5.02 Å². The first-order valence-electron chi connectivity index (χ1n) is 11.7. The number of nitrogens with one attached hydrogen (secondary N) is 1. The largest absolute Gasteiger partial charge is 0.340 e. The second kappa shape index (κ2) is 7.43. The SMILES string of the molecule is Cc1c(CNC2C3CC4CC(C3)CC2C4)c2ccccc2n1Cc1ccccc1Cl. The number of hydrogen-bond donors (Lipinski definition) is 1. The van der Waals surface area contributed by atoms with Gasteiger partial charge in [0.2, 0.25) is 0 Å². The van der Waals surface area contributed by atoms with Crippen molar-refractivity contribution in [2.75, 3.05) is 0 Å². The van der Waals surface area contributed by atoms with E-state index in [1.807, 2.05) is 12.1 Å². The van der Waals surface area contributed by atoms with Gasteiger partial charge in [0.15, 0.2) is 0 Å². The molecule has 0 radical (unpaired) electrons. The van der Waals surface area contributed by atoms with E-state index in [1.54, 1.807) is 0 Å². The van der Waals surface area contributed by atoms with Crippen LogP contribution in [0.25, 0.3) is 10.9 Å². The molecule has 0 amide bonds. The van der Waals surface area contributed by atoms with Crippen LogP contribution < -0.4 is 5.32 Å². The smallest absolute Gasteiger partial charge is 0.0493 e. The predicted molar refractivity (Wildman–Crippen MR) is 125 cm³/mol. The minimum absolute atomic E-state index is 0.725. The first-order valence-corrected chi connectivity index (χ1v) is 12.1. The van der Waals surface area contributed by atoms with Crippen LogP contribution >= 0.6 is 11.6 Å². The van der Waals surface area contributed by atoms with Crippen LogP contribution in [0.3, 0.4) is 0 Å². The molecule has 4 aliphatic carbocycles. The molecule has 0 spiro atoms. The van der Waals surface area contributed by atoms with Gasteiger partial charge in [-0.3, -0.25) is 0 Å². The summed E-state index contributed by atoms with van der Waals surface area (Å²) in [6.07, 6.45) is 7.40. The van der Waals surface area contributed by atoms with E-state index in [2.05, 4.69) is 53.2 Å². The van der Waals surface area contributed by atoms with Crippen molar-refractivity contribution < 1.29 is 0 Å². The van der Waals surface area contributed by atoms with Crippen LogP contribution in [0.1, 0.15) is 48.9 Å². The van der Waals surface area contributed by atoms with E-state index < -0.39 is 0 Å². The second-order valence-corrected chi connectivity index (χ2v) is 10.5. The van der Waals surface area contributed by atoms with E-state index in [4.69, 9.17) is 11.6 Å². The monoisotopic (exact) mass is 418 g/mol. The van der Waals surface area contributed by atoms with E-state index >= 15 is 0 Å². The topological polar surface area (TPSA) is 17.0 Å². The van der Waals surface area contributed by atoms with Gasteiger partial charge in [0, 0.05) is 40.8 Å². The van der Waals surface area contributed by atoms with Crippen LogP contribution in [0.15, 0.2) is 48.5 Å². The Labute approximate surface area is 184 Å². The van der Waals surface area contributed by atoms with Crippen molar-refractivity contribution in [3.8, 4) is 0 Å². The molecule has 0 unspecified atom stereocenters. The molecular weight excluding hydrogens is 388 g/mol. The lowest BCUT2D eigenvalue weighted by molar-refractivity contribution is -0.0142. The van der Waals surface area contributed by atoms with Crippen LogP contribution in [0.5, 0.6) is 0 Å². The zero-order valence-electron chi connectivity index (χ0n) is 17.8. The lowest BCUT2D eigenvalue weighted by Crippen LogP contribution is -2.54. The summed E-state index contributed by atoms with van der Waals surface area (Å²) in [7, 11) is 0. The van der Waals surface area contributed by atoms with Gasteiger partial charge in [-0.15, -0.1) is 0 Å². The fourth-order valence-electron chi connectivity index (χ4n) is 7.20. The minimum atomic E-state index is 0.725. The summed E-state index contributed by atoms with van der Waals surface area (Å²) in [6, 6.07) is 17.8. The molecule has 4 saturated carbocycles. The zero-order valence-corrected chi connectivity index (χ0v) is 18.5. The van der Waals surface area contributed by atoms with E-state index in [-0.39, 0.29) is 0 Å². The van der Waals surface area contributed by atoms with Crippen molar-refractivity contribution in [3.63, 3.8) is 0 Å². The maximum Gasteiger partial charge on any atom is 0.0493 e.